The summed E-state index contributed by atoms with van der Waals surface area (Å²) in [5.41, 5.74) is -0.105. The van der Waals surface area contributed by atoms with E-state index in [0.29, 0.717) is 6.42 Å². The van der Waals surface area contributed by atoms with Crippen molar-refractivity contribution < 1.29 is 18.3 Å². The fraction of sp³-hybridized carbons (Fsp3) is 0.909. The van der Waals surface area contributed by atoms with Crippen molar-refractivity contribution in [2.45, 2.75) is 51.9 Å². The van der Waals surface area contributed by atoms with Crippen LogP contribution in [-0.2, 0) is 14.8 Å². The first kappa shape index (κ1) is 14.4. The smallest absolute Gasteiger partial charge is 0.258 e. The van der Waals surface area contributed by atoms with Crippen LogP contribution in [0, 0.1) is 5.41 Å². The molecule has 0 saturated carbocycles. The molecule has 1 aliphatic rings. The Bertz CT molecular complexity index is 419. The molecule has 1 fully saturated rings. The van der Waals surface area contributed by atoms with Crippen LogP contribution in [0.2, 0.25) is 0 Å². The number of aliphatic hydroxyl groups excluding tert-OH is 1. The topological polar surface area (TPSA) is 74.7 Å². The molecule has 5 nitrogen and oxygen atoms in total. The van der Waals surface area contributed by atoms with Crippen molar-refractivity contribution >= 4 is 15.9 Å². The molecule has 0 spiro atoms. The zero-order valence-corrected chi connectivity index (χ0v) is 11.8. The quantitative estimate of drug-likeness (QED) is 0.814. The largest absolute Gasteiger partial charge is 0.391 e. The van der Waals surface area contributed by atoms with Crippen LogP contribution >= 0.6 is 0 Å². The first-order valence-corrected chi connectivity index (χ1v) is 7.08. The van der Waals surface area contributed by atoms with Crippen molar-refractivity contribution in [2.75, 3.05) is 6.54 Å². The standard InChI is InChI=1S/C11H21NO4S/c1-10(2,3)6-8(13)7-12-9(14)11(4,5)17(12,15)16/h8,13H,6-7H2,1-5H3. The van der Waals surface area contributed by atoms with Gasteiger partial charge in [0.25, 0.3) is 15.9 Å². The summed E-state index contributed by atoms with van der Waals surface area (Å²) in [7, 11) is -3.58. The van der Waals surface area contributed by atoms with Crippen molar-refractivity contribution in [2.24, 2.45) is 5.41 Å². The molecule has 0 bridgehead atoms. The highest BCUT2D eigenvalue weighted by Gasteiger charge is 2.60. The fourth-order valence-corrected chi connectivity index (χ4v) is 3.46. The van der Waals surface area contributed by atoms with Gasteiger partial charge < -0.3 is 5.11 Å². The molecule has 0 aromatic rings. The number of β-amino-alcohol motifs (C(OH)–C–C–N with tert-alkyl or cyclic N) is 1. The third kappa shape index (κ3) is 2.47. The molecule has 6 heteroatoms. The van der Waals surface area contributed by atoms with E-state index in [1.807, 2.05) is 20.8 Å². The molecule has 1 rings (SSSR count). The molecular weight excluding hydrogens is 242 g/mol. The molecule has 1 N–H and O–H groups in total. The van der Waals surface area contributed by atoms with E-state index in [2.05, 4.69) is 0 Å². The first-order valence-electron chi connectivity index (χ1n) is 5.64. The molecule has 1 amide bonds. The third-order valence-corrected chi connectivity index (χ3v) is 5.26. The van der Waals surface area contributed by atoms with Gasteiger partial charge in [0.2, 0.25) is 0 Å². The van der Waals surface area contributed by atoms with Gasteiger partial charge in [-0.1, -0.05) is 20.8 Å². The number of rotatable bonds is 3. The monoisotopic (exact) mass is 263 g/mol. The maximum atomic E-state index is 11.8. The molecule has 0 aliphatic carbocycles. The molecule has 1 unspecified atom stereocenters. The highest BCUT2D eigenvalue weighted by atomic mass is 32.2. The maximum absolute atomic E-state index is 11.8. The van der Waals surface area contributed by atoms with E-state index >= 15 is 0 Å². The van der Waals surface area contributed by atoms with E-state index in [4.69, 9.17) is 0 Å². The molecule has 17 heavy (non-hydrogen) atoms. The summed E-state index contributed by atoms with van der Waals surface area (Å²) >= 11 is 0. The van der Waals surface area contributed by atoms with E-state index in [9.17, 15) is 18.3 Å². The van der Waals surface area contributed by atoms with Gasteiger partial charge in [-0.25, -0.2) is 12.7 Å². The Morgan fingerprint density at radius 2 is 1.82 bits per heavy atom. The van der Waals surface area contributed by atoms with Crippen molar-refractivity contribution in [1.29, 1.82) is 0 Å². The molecule has 0 aromatic heterocycles. The lowest BCUT2D eigenvalue weighted by Gasteiger charge is -2.44. The third-order valence-electron chi connectivity index (χ3n) is 2.90. The van der Waals surface area contributed by atoms with Gasteiger partial charge in [0.1, 0.15) is 0 Å². The second kappa shape index (κ2) is 3.95. The van der Waals surface area contributed by atoms with Gasteiger partial charge in [0.05, 0.1) is 12.6 Å². The van der Waals surface area contributed by atoms with Gasteiger partial charge in [-0.05, 0) is 25.7 Å². The summed E-state index contributed by atoms with van der Waals surface area (Å²) in [5, 5.41) is 9.78. The van der Waals surface area contributed by atoms with Crippen LogP contribution in [0.3, 0.4) is 0 Å². The minimum Gasteiger partial charge on any atom is -0.391 e. The van der Waals surface area contributed by atoms with Crippen LogP contribution in [0.15, 0.2) is 0 Å². The average molecular weight is 263 g/mol. The number of hydrogen-bond donors (Lipinski definition) is 1. The summed E-state index contributed by atoms with van der Waals surface area (Å²) in [6, 6.07) is 0. The molecule has 100 valence electrons. The van der Waals surface area contributed by atoms with Crippen LogP contribution in [0.25, 0.3) is 0 Å². The average Bonchev–Trinajstić information content (AvgIpc) is 2.09. The molecule has 1 heterocycles. The molecule has 1 atom stereocenters. The van der Waals surface area contributed by atoms with Crippen LogP contribution in [0.5, 0.6) is 0 Å². The maximum Gasteiger partial charge on any atom is 0.258 e. The number of carbonyl (C=O) groups excluding carboxylic acids is 1. The first-order chi connectivity index (χ1) is 7.39. The van der Waals surface area contributed by atoms with Gasteiger partial charge in [-0.15, -0.1) is 0 Å². The van der Waals surface area contributed by atoms with E-state index in [-0.39, 0.29) is 12.0 Å². The number of nitrogens with zero attached hydrogens (tertiary/aromatic N) is 1. The Balaban J connectivity index is 2.70. The number of amides is 1. The molecular formula is C11H21NO4S. The molecule has 0 aromatic carbocycles. The minimum atomic E-state index is -3.58. The normalized spacial score (nSPS) is 24.4. The van der Waals surface area contributed by atoms with Crippen LogP contribution in [0.1, 0.15) is 41.0 Å². The van der Waals surface area contributed by atoms with Crippen LogP contribution in [0.4, 0.5) is 0 Å². The highest BCUT2D eigenvalue weighted by molar-refractivity contribution is 7.94. The highest BCUT2D eigenvalue weighted by Crippen LogP contribution is 2.35. The van der Waals surface area contributed by atoms with Crippen molar-refractivity contribution in [1.82, 2.24) is 4.31 Å². The summed E-state index contributed by atoms with van der Waals surface area (Å²) < 4.78 is 23.0. The van der Waals surface area contributed by atoms with Crippen LogP contribution in [-0.4, -0.2) is 41.1 Å². The minimum absolute atomic E-state index is 0.105. The lowest BCUT2D eigenvalue weighted by atomic mass is 9.89. The number of aliphatic hydroxyl groups is 1. The SMILES string of the molecule is CC(C)(C)CC(O)CN1C(=O)C(C)(C)S1(=O)=O. The Morgan fingerprint density at radius 1 is 1.35 bits per heavy atom. The Labute approximate surface area is 103 Å². The van der Waals surface area contributed by atoms with Gasteiger partial charge in [-0.2, -0.15) is 0 Å². The Kier molecular flexibility index (Phi) is 3.35. The van der Waals surface area contributed by atoms with E-state index < -0.39 is 26.8 Å². The van der Waals surface area contributed by atoms with E-state index in [1.165, 1.54) is 13.8 Å². The lowest BCUT2D eigenvalue weighted by molar-refractivity contribution is -0.133. The van der Waals surface area contributed by atoms with Gasteiger partial charge in [-0.3, -0.25) is 4.79 Å². The molecule has 0 radical (unpaired) electrons. The number of carbonyl (C=O) groups is 1. The second-order valence-corrected chi connectivity index (χ2v) is 8.68. The van der Waals surface area contributed by atoms with Crippen LogP contribution < -0.4 is 0 Å². The van der Waals surface area contributed by atoms with Crippen molar-refractivity contribution in [3.05, 3.63) is 0 Å². The fourth-order valence-electron chi connectivity index (χ4n) is 1.90. The van der Waals surface area contributed by atoms with E-state index in [1.54, 1.807) is 0 Å². The number of hydrogen-bond acceptors (Lipinski definition) is 4. The van der Waals surface area contributed by atoms with Gasteiger partial charge in [0.15, 0.2) is 4.75 Å². The van der Waals surface area contributed by atoms with Gasteiger partial charge in [0, 0.05) is 0 Å². The summed E-state index contributed by atoms with van der Waals surface area (Å²) in [6.07, 6.45) is -0.364. The summed E-state index contributed by atoms with van der Waals surface area (Å²) in [5.74, 6) is -0.439. The second-order valence-electron chi connectivity index (χ2n) is 6.27. The van der Waals surface area contributed by atoms with Crippen molar-refractivity contribution in [3.63, 3.8) is 0 Å². The molecule has 1 saturated heterocycles. The predicted molar refractivity (Wildman–Crippen MR) is 64.8 cm³/mol. The number of sulfonamides is 1. The molecule has 1 aliphatic heterocycles. The van der Waals surface area contributed by atoms with E-state index in [0.717, 1.165) is 4.31 Å². The van der Waals surface area contributed by atoms with Gasteiger partial charge >= 0.3 is 0 Å². The predicted octanol–water partition coefficient (Wildman–Crippen LogP) is 0.734. The Morgan fingerprint density at radius 3 is 2.18 bits per heavy atom. The summed E-state index contributed by atoms with van der Waals surface area (Å²) in [4.78, 5) is 11.6. The lowest BCUT2D eigenvalue weighted by Crippen LogP contribution is -2.68. The Hall–Kier alpha value is -0.620. The zero-order chi connectivity index (χ0) is 13.6. The zero-order valence-electron chi connectivity index (χ0n) is 11.0. The van der Waals surface area contributed by atoms with Crippen molar-refractivity contribution in [3.8, 4) is 0 Å². The summed E-state index contributed by atoms with van der Waals surface area (Å²) in [6.45, 7) is 8.49.